The summed E-state index contributed by atoms with van der Waals surface area (Å²) in [5.74, 6) is 1.79. The molecule has 2 amide bonds. The van der Waals surface area contributed by atoms with E-state index >= 15 is 0 Å². The van der Waals surface area contributed by atoms with Crippen molar-refractivity contribution in [1.82, 2.24) is 10.6 Å². The average Bonchev–Trinajstić information content (AvgIpc) is 2.67. The van der Waals surface area contributed by atoms with Crippen molar-refractivity contribution in [3.05, 3.63) is 71.3 Å². The van der Waals surface area contributed by atoms with E-state index in [2.05, 4.69) is 41.8 Å². The molecule has 2 aromatic carbocycles. The zero-order valence-corrected chi connectivity index (χ0v) is 16.0. The monoisotopic (exact) mass is 370 g/mol. The van der Waals surface area contributed by atoms with E-state index in [-0.39, 0.29) is 11.8 Å². The van der Waals surface area contributed by atoms with Crippen molar-refractivity contribution >= 4 is 23.6 Å². The van der Waals surface area contributed by atoms with E-state index in [0.717, 1.165) is 11.5 Å². The minimum absolute atomic E-state index is 0.0369. The Labute approximate surface area is 159 Å². The normalized spacial score (nSPS) is 10.3. The molecular weight excluding hydrogens is 344 g/mol. The molecule has 0 aromatic heterocycles. The lowest BCUT2D eigenvalue weighted by Gasteiger charge is -2.07. The van der Waals surface area contributed by atoms with E-state index in [1.54, 1.807) is 12.1 Å². The molecule has 0 radical (unpaired) electrons. The summed E-state index contributed by atoms with van der Waals surface area (Å²) in [5.41, 5.74) is 3.22. The smallest absolute Gasteiger partial charge is 0.251 e. The molecule has 2 aromatic rings. The number of benzene rings is 2. The van der Waals surface area contributed by atoms with E-state index in [9.17, 15) is 9.59 Å². The number of hydrogen-bond donors (Lipinski definition) is 2. The number of rotatable bonds is 10. The third-order valence-corrected chi connectivity index (χ3v) is 4.89. The Morgan fingerprint density at radius 3 is 2.38 bits per heavy atom. The molecule has 0 saturated carbocycles. The van der Waals surface area contributed by atoms with Crippen LogP contribution in [0.25, 0.3) is 0 Å². The van der Waals surface area contributed by atoms with E-state index in [4.69, 9.17) is 0 Å². The summed E-state index contributed by atoms with van der Waals surface area (Å²) in [4.78, 5) is 23.6. The lowest BCUT2D eigenvalue weighted by atomic mass is 10.2. The predicted molar refractivity (Wildman–Crippen MR) is 108 cm³/mol. The number of amides is 2. The highest BCUT2D eigenvalue weighted by atomic mass is 32.2. The fraction of sp³-hybridized carbons (Fsp3) is 0.333. The molecule has 5 heteroatoms. The van der Waals surface area contributed by atoms with Crippen molar-refractivity contribution in [1.29, 1.82) is 0 Å². The summed E-state index contributed by atoms with van der Waals surface area (Å²) in [6.07, 6.45) is 1.07. The van der Waals surface area contributed by atoms with Gasteiger partial charge < -0.3 is 10.6 Å². The number of nitrogens with one attached hydrogen (secondary N) is 2. The number of thioether (sulfide) groups is 1. The van der Waals surface area contributed by atoms with Gasteiger partial charge in [0.15, 0.2) is 0 Å². The Bertz CT molecular complexity index is 687. The summed E-state index contributed by atoms with van der Waals surface area (Å²) in [7, 11) is 0. The zero-order chi connectivity index (χ0) is 18.6. The van der Waals surface area contributed by atoms with Crippen LogP contribution in [-0.4, -0.2) is 30.7 Å². The fourth-order valence-corrected chi connectivity index (χ4v) is 3.19. The van der Waals surface area contributed by atoms with Crippen LogP contribution < -0.4 is 10.6 Å². The van der Waals surface area contributed by atoms with Gasteiger partial charge in [-0.15, -0.1) is 0 Å². The lowest BCUT2D eigenvalue weighted by Crippen LogP contribution is -2.28. The minimum Gasteiger partial charge on any atom is -0.355 e. The van der Waals surface area contributed by atoms with Gasteiger partial charge in [-0.25, -0.2) is 0 Å². The van der Waals surface area contributed by atoms with Gasteiger partial charge in [0.1, 0.15) is 0 Å². The molecule has 0 aliphatic carbocycles. The highest BCUT2D eigenvalue weighted by Crippen LogP contribution is 2.12. The van der Waals surface area contributed by atoms with Gasteiger partial charge in [0.05, 0.1) is 0 Å². The Morgan fingerprint density at radius 1 is 0.923 bits per heavy atom. The molecule has 0 atom stereocenters. The van der Waals surface area contributed by atoms with Crippen LogP contribution in [0.2, 0.25) is 0 Å². The van der Waals surface area contributed by atoms with Gasteiger partial charge in [0.2, 0.25) is 5.91 Å². The maximum atomic E-state index is 11.9. The van der Waals surface area contributed by atoms with Crippen LogP contribution in [0.3, 0.4) is 0 Å². The lowest BCUT2D eigenvalue weighted by molar-refractivity contribution is -0.121. The predicted octanol–water partition coefficient (Wildman–Crippen LogP) is 3.55. The molecule has 2 rings (SSSR count). The Hall–Kier alpha value is -2.27. The minimum atomic E-state index is -0.0986. The second-order valence-corrected chi connectivity index (χ2v) is 7.22. The van der Waals surface area contributed by atoms with Gasteiger partial charge in [-0.2, -0.15) is 11.8 Å². The highest BCUT2D eigenvalue weighted by molar-refractivity contribution is 7.98. The first-order valence-electron chi connectivity index (χ1n) is 8.88. The molecule has 0 bridgehead atoms. The molecule has 0 saturated heterocycles. The Morgan fingerprint density at radius 2 is 1.65 bits per heavy atom. The van der Waals surface area contributed by atoms with Crippen LogP contribution in [-0.2, 0) is 10.5 Å². The third-order valence-electron chi connectivity index (χ3n) is 3.86. The third kappa shape index (κ3) is 7.74. The molecule has 0 spiro atoms. The molecule has 26 heavy (non-hydrogen) atoms. The molecule has 0 unspecified atom stereocenters. The van der Waals surface area contributed by atoms with Crippen LogP contribution >= 0.6 is 11.8 Å². The quantitative estimate of drug-likeness (QED) is 0.629. The van der Waals surface area contributed by atoms with Crippen molar-refractivity contribution in [2.24, 2.45) is 0 Å². The van der Waals surface area contributed by atoms with Crippen molar-refractivity contribution in [3.63, 3.8) is 0 Å². The van der Waals surface area contributed by atoms with Crippen LogP contribution in [0.15, 0.2) is 54.6 Å². The van der Waals surface area contributed by atoms with Gasteiger partial charge in [-0.3, -0.25) is 9.59 Å². The molecular formula is C21H26N2O2S. The summed E-state index contributed by atoms with van der Waals surface area (Å²) in [5, 5.41) is 5.76. The first kappa shape index (κ1) is 20.0. The number of carbonyl (C=O) groups excluding carboxylic acids is 2. The number of hydrogen-bond acceptors (Lipinski definition) is 3. The van der Waals surface area contributed by atoms with Crippen molar-refractivity contribution in [2.75, 3.05) is 18.8 Å². The highest BCUT2D eigenvalue weighted by Gasteiger charge is 2.05. The van der Waals surface area contributed by atoms with Crippen LogP contribution in [0.5, 0.6) is 0 Å². The van der Waals surface area contributed by atoms with E-state index < -0.39 is 0 Å². The van der Waals surface area contributed by atoms with Gasteiger partial charge in [0, 0.05) is 36.6 Å². The number of carbonyl (C=O) groups is 2. The summed E-state index contributed by atoms with van der Waals surface area (Å²) >= 11 is 1.81. The van der Waals surface area contributed by atoms with Gasteiger partial charge in [-0.1, -0.05) is 48.0 Å². The second kappa shape index (κ2) is 11.4. The van der Waals surface area contributed by atoms with Crippen LogP contribution in [0.1, 0.15) is 34.3 Å². The van der Waals surface area contributed by atoms with Gasteiger partial charge in [0.25, 0.3) is 5.91 Å². The maximum absolute atomic E-state index is 11.9. The Balaban J connectivity index is 1.48. The molecule has 0 aliphatic rings. The fourth-order valence-electron chi connectivity index (χ4n) is 2.37. The number of aryl methyl sites for hydroxylation is 1. The van der Waals surface area contributed by atoms with E-state index in [1.807, 2.05) is 30.0 Å². The molecule has 0 aliphatic heterocycles. The SMILES string of the molecule is Cc1ccc(CSCCNC(=O)CCCNC(=O)c2ccccc2)cc1. The van der Waals surface area contributed by atoms with Crippen LogP contribution in [0, 0.1) is 6.92 Å². The molecule has 4 nitrogen and oxygen atoms in total. The largest absolute Gasteiger partial charge is 0.355 e. The standard InChI is InChI=1S/C21H26N2O2S/c1-17-9-11-18(12-10-17)16-26-15-14-22-20(24)8-5-13-23-21(25)19-6-3-2-4-7-19/h2-4,6-7,9-12H,5,8,13-16H2,1H3,(H,22,24)(H,23,25). The van der Waals surface area contributed by atoms with Crippen LogP contribution in [0.4, 0.5) is 0 Å². The summed E-state index contributed by atoms with van der Waals surface area (Å²) in [6, 6.07) is 17.6. The second-order valence-electron chi connectivity index (χ2n) is 6.11. The molecule has 138 valence electrons. The topological polar surface area (TPSA) is 58.2 Å². The Kier molecular flexibility index (Phi) is 8.76. The first-order chi connectivity index (χ1) is 12.6. The van der Waals surface area contributed by atoms with E-state index in [0.29, 0.717) is 31.5 Å². The maximum Gasteiger partial charge on any atom is 0.251 e. The molecule has 0 fully saturated rings. The first-order valence-corrected chi connectivity index (χ1v) is 10.0. The van der Waals surface area contributed by atoms with E-state index in [1.165, 1.54) is 11.1 Å². The van der Waals surface area contributed by atoms with Gasteiger partial charge in [-0.05, 0) is 31.0 Å². The van der Waals surface area contributed by atoms with Crippen molar-refractivity contribution in [3.8, 4) is 0 Å². The molecule has 2 N–H and O–H groups in total. The zero-order valence-electron chi connectivity index (χ0n) is 15.2. The van der Waals surface area contributed by atoms with Gasteiger partial charge >= 0.3 is 0 Å². The summed E-state index contributed by atoms with van der Waals surface area (Å²) in [6.45, 7) is 3.26. The van der Waals surface area contributed by atoms with Crippen molar-refractivity contribution < 1.29 is 9.59 Å². The van der Waals surface area contributed by atoms with Crippen molar-refractivity contribution in [2.45, 2.75) is 25.5 Å². The average molecular weight is 371 g/mol. The summed E-state index contributed by atoms with van der Waals surface area (Å²) < 4.78 is 0. The molecule has 0 heterocycles.